The van der Waals surface area contributed by atoms with E-state index in [9.17, 15) is 0 Å². The molecule has 2 unspecified atom stereocenters. The van der Waals surface area contributed by atoms with E-state index in [0.29, 0.717) is 0 Å². The summed E-state index contributed by atoms with van der Waals surface area (Å²) in [6.07, 6.45) is 7.17. The molecular formula is C16H27N5O. The second-order valence-electron chi connectivity index (χ2n) is 7.05. The molecule has 3 fully saturated rings. The fourth-order valence-electron chi connectivity index (χ4n) is 4.43. The Hall–Kier alpha value is -1.11. The highest BCUT2D eigenvalue weighted by Gasteiger charge is 2.37. The number of fused-ring (bicyclic) bond motifs is 1. The van der Waals surface area contributed by atoms with Gasteiger partial charge in [-0.25, -0.2) is 0 Å². The van der Waals surface area contributed by atoms with Gasteiger partial charge in [0.15, 0.2) is 0 Å². The maximum atomic E-state index is 6.23. The minimum atomic E-state index is 0.274. The Kier molecular flexibility index (Phi) is 4.07. The number of hydrogen-bond donors (Lipinski definition) is 2. The minimum absolute atomic E-state index is 0.274. The molecule has 3 saturated heterocycles. The number of morpholine rings is 1. The SMILES string of the molecule is C[C@@H]1CN(c2cn[nH]c2)C[C@H](CN2CCCC3CNCC32)O1. The van der Waals surface area contributed by atoms with Gasteiger partial charge in [0.05, 0.1) is 24.1 Å². The number of nitrogens with zero attached hydrogens (tertiary/aromatic N) is 3. The quantitative estimate of drug-likeness (QED) is 0.860. The molecular weight excluding hydrogens is 278 g/mol. The van der Waals surface area contributed by atoms with Crippen molar-refractivity contribution in [3.63, 3.8) is 0 Å². The number of nitrogens with one attached hydrogen (secondary N) is 2. The smallest absolute Gasteiger partial charge is 0.0881 e. The van der Waals surface area contributed by atoms with Gasteiger partial charge in [-0.05, 0) is 38.8 Å². The molecule has 0 aliphatic carbocycles. The zero-order valence-electron chi connectivity index (χ0n) is 13.4. The third-order valence-electron chi connectivity index (χ3n) is 5.41. The minimum Gasteiger partial charge on any atom is -0.370 e. The Balaban J connectivity index is 1.41. The third-order valence-corrected chi connectivity index (χ3v) is 5.41. The van der Waals surface area contributed by atoms with Crippen LogP contribution in [0.2, 0.25) is 0 Å². The lowest BCUT2D eigenvalue weighted by molar-refractivity contribution is -0.0440. The van der Waals surface area contributed by atoms with Crippen molar-refractivity contribution in [1.82, 2.24) is 20.4 Å². The first-order valence-corrected chi connectivity index (χ1v) is 8.63. The average Bonchev–Trinajstić information content (AvgIpc) is 3.19. The summed E-state index contributed by atoms with van der Waals surface area (Å²) < 4.78 is 6.23. The van der Waals surface area contributed by atoms with Crippen molar-refractivity contribution in [2.75, 3.05) is 44.2 Å². The number of hydrogen-bond acceptors (Lipinski definition) is 5. The van der Waals surface area contributed by atoms with Crippen molar-refractivity contribution in [3.8, 4) is 0 Å². The molecule has 6 nitrogen and oxygen atoms in total. The molecule has 22 heavy (non-hydrogen) atoms. The Labute approximate surface area is 132 Å². The summed E-state index contributed by atoms with van der Waals surface area (Å²) in [5.41, 5.74) is 1.18. The highest BCUT2D eigenvalue weighted by Crippen LogP contribution is 2.28. The summed E-state index contributed by atoms with van der Waals surface area (Å²) in [4.78, 5) is 5.07. The Morgan fingerprint density at radius 2 is 2.32 bits per heavy atom. The molecule has 0 amide bonds. The van der Waals surface area contributed by atoms with Crippen LogP contribution < -0.4 is 10.2 Å². The van der Waals surface area contributed by atoms with E-state index in [4.69, 9.17) is 4.74 Å². The lowest BCUT2D eigenvalue weighted by Gasteiger charge is -2.43. The Morgan fingerprint density at radius 1 is 1.36 bits per heavy atom. The van der Waals surface area contributed by atoms with Crippen LogP contribution in [0.5, 0.6) is 0 Å². The maximum absolute atomic E-state index is 6.23. The normalized spacial score (nSPS) is 36.5. The zero-order valence-corrected chi connectivity index (χ0v) is 13.4. The molecule has 1 aromatic rings. The standard InChI is InChI=1S/C16H27N5O/c1-12-9-21(14-6-18-19-7-14)11-15(22-12)10-20-4-2-3-13-5-17-8-16(13)20/h6-7,12-13,15-17H,2-5,8-11H2,1H3,(H,18,19)/t12-,13?,15+,16?/m1/s1. The van der Waals surface area contributed by atoms with Gasteiger partial charge >= 0.3 is 0 Å². The van der Waals surface area contributed by atoms with Crippen LogP contribution in [0.1, 0.15) is 19.8 Å². The molecule has 4 rings (SSSR count). The van der Waals surface area contributed by atoms with Crippen LogP contribution >= 0.6 is 0 Å². The van der Waals surface area contributed by atoms with E-state index in [1.54, 1.807) is 0 Å². The summed E-state index contributed by atoms with van der Waals surface area (Å²) >= 11 is 0. The summed E-state index contributed by atoms with van der Waals surface area (Å²) in [5.74, 6) is 0.847. The average molecular weight is 305 g/mol. The first kappa shape index (κ1) is 14.5. The van der Waals surface area contributed by atoms with Gasteiger partial charge in [0.2, 0.25) is 0 Å². The lowest BCUT2D eigenvalue weighted by atomic mass is 9.92. The van der Waals surface area contributed by atoms with E-state index in [1.807, 2.05) is 12.4 Å². The van der Waals surface area contributed by atoms with E-state index >= 15 is 0 Å². The fraction of sp³-hybridized carbons (Fsp3) is 0.812. The van der Waals surface area contributed by atoms with Crippen LogP contribution in [-0.2, 0) is 4.74 Å². The van der Waals surface area contributed by atoms with E-state index in [2.05, 4.69) is 32.2 Å². The van der Waals surface area contributed by atoms with E-state index in [1.165, 1.54) is 31.6 Å². The van der Waals surface area contributed by atoms with Gasteiger partial charge in [-0.1, -0.05) is 0 Å². The van der Waals surface area contributed by atoms with Gasteiger partial charge in [0.25, 0.3) is 0 Å². The van der Waals surface area contributed by atoms with Crippen molar-refractivity contribution < 1.29 is 4.74 Å². The molecule has 0 aromatic carbocycles. The highest BCUT2D eigenvalue weighted by molar-refractivity contribution is 5.42. The third kappa shape index (κ3) is 2.87. The number of piperidine rings is 1. The molecule has 6 heteroatoms. The number of aromatic amines is 1. The summed E-state index contributed by atoms with van der Waals surface area (Å²) in [5, 5.41) is 10.6. The summed E-state index contributed by atoms with van der Waals surface area (Å²) in [7, 11) is 0. The first-order valence-electron chi connectivity index (χ1n) is 8.63. The zero-order chi connectivity index (χ0) is 14.9. The number of H-pyrrole nitrogens is 1. The van der Waals surface area contributed by atoms with Crippen LogP contribution in [0.15, 0.2) is 12.4 Å². The monoisotopic (exact) mass is 305 g/mol. The molecule has 2 N–H and O–H groups in total. The van der Waals surface area contributed by atoms with Gasteiger partial charge < -0.3 is 15.0 Å². The Bertz CT molecular complexity index is 479. The number of anilines is 1. The molecule has 0 spiro atoms. The second-order valence-corrected chi connectivity index (χ2v) is 7.05. The van der Waals surface area contributed by atoms with E-state index < -0.39 is 0 Å². The number of likely N-dealkylation sites (tertiary alicyclic amines) is 1. The lowest BCUT2D eigenvalue weighted by Crippen LogP contribution is -2.54. The number of rotatable bonds is 3. The summed E-state index contributed by atoms with van der Waals surface area (Å²) in [6, 6.07) is 0.719. The molecule has 0 radical (unpaired) electrons. The largest absolute Gasteiger partial charge is 0.370 e. The van der Waals surface area contributed by atoms with E-state index in [-0.39, 0.29) is 12.2 Å². The van der Waals surface area contributed by atoms with Gasteiger partial charge in [0.1, 0.15) is 0 Å². The molecule has 4 heterocycles. The predicted octanol–water partition coefficient (Wildman–Crippen LogP) is 0.687. The van der Waals surface area contributed by atoms with Crippen LogP contribution in [0.3, 0.4) is 0 Å². The van der Waals surface area contributed by atoms with Crippen LogP contribution in [0.25, 0.3) is 0 Å². The van der Waals surface area contributed by atoms with Gasteiger partial charge in [-0.15, -0.1) is 0 Å². The fourth-order valence-corrected chi connectivity index (χ4v) is 4.43. The molecule has 122 valence electrons. The van der Waals surface area contributed by atoms with Crippen molar-refractivity contribution >= 4 is 5.69 Å². The molecule has 0 saturated carbocycles. The predicted molar refractivity (Wildman–Crippen MR) is 86.1 cm³/mol. The van der Waals surface area contributed by atoms with Gasteiger partial charge in [-0.2, -0.15) is 5.10 Å². The van der Waals surface area contributed by atoms with Crippen LogP contribution in [0, 0.1) is 5.92 Å². The van der Waals surface area contributed by atoms with Gasteiger partial charge in [-0.3, -0.25) is 10.00 Å². The van der Waals surface area contributed by atoms with Crippen molar-refractivity contribution in [2.24, 2.45) is 5.92 Å². The molecule has 0 bridgehead atoms. The van der Waals surface area contributed by atoms with E-state index in [0.717, 1.165) is 38.1 Å². The summed E-state index contributed by atoms with van der Waals surface area (Å²) in [6.45, 7) is 8.72. The molecule has 4 atom stereocenters. The van der Waals surface area contributed by atoms with Crippen molar-refractivity contribution in [2.45, 2.75) is 38.0 Å². The van der Waals surface area contributed by atoms with Crippen molar-refractivity contribution in [3.05, 3.63) is 12.4 Å². The first-order chi connectivity index (χ1) is 10.8. The molecule has 1 aromatic heterocycles. The van der Waals surface area contributed by atoms with Crippen LogP contribution in [-0.4, -0.2) is 72.6 Å². The topological polar surface area (TPSA) is 56.4 Å². The highest BCUT2D eigenvalue weighted by atomic mass is 16.5. The van der Waals surface area contributed by atoms with Crippen molar-refractivity contribution in [1.29, 1.82) is 0 Å². The Morgan fingerprint density at radius 3 is 3.18 bits per heavy atom. The molecule has 3 aliphatic rings. The number of aromatic nitrogens is 2. The maximum Gasteiger partial charge on any atom is 0.0881 e. The number of ether oxygens (including phenoxy) is 1. The van der Waals surface area contributed by atoms with Crippen LogP contribution in [0.4, 0.5) is 5.69 Å². The molecule has 3 aliphatic heterocycles. The second kappa shape index (κ2) is 6.18. The van der Waals surface area contributed by atoms with Gasteiger partial charge in [0, 0.05) is 38.4 Å².